The lowest BCUT2D eigenvalue weighted by molar-refractivity contribution is 0.582. The third-order valence-corrected chi connectivity index (χ3v) is 5.31. The molecule has 0 aliphatic heterocycles. The molecule has 23 heavy (non-hydrogen) atoms. The van der Waals surface area contributed by atoms with E-state index in [-0.39, 0.29) is 11.4 Å². The molecule has 1 aromatic heterocycles. The van der Waals surface area contributed by atoms with Crippen LogP contribution in [0.1, 0.15) is 11.1 Å². The fraction of sp³-hybridized carbons (Fsp3) is 0.118. The maximum absolute atomic E-state index is 12.6. The molecule has 3 rings (SSSR count). The molecule has 0 atom stereocenters. The molecule has 0 saturated carbocycles. The Bertz CT molecular complexity index is 966. The van der Waals surface area contributed by atoms with Crippen molar-refractivity contribution >= 4 is 32.5 Å². The zero-order valence-corrected chi connectivity index (χ0v) is 14.0. The first-order valence-corrected chi connectivity index (χ1v) is 8.92. The molecule has 1 N–H and O–H groups in total. The second-order valence-electron chi connectivity index (χ2n) is 5.23. The van der Waals surface area contributed by atoms with Crippen LogP contribution in [-0.2, 0) is 16.6 Å². The van der Waals surface area contributed by atoms with Crippen molar-refractivity contribution < 1.29 is 8.42 Å². The van der Waals surface area contributed by atoms with Crippen LogP contribution in [0.3, 0.4) is 0 Å². The first-order valence-electron chi connectivity index (χ1n) is 7.06. The maximum atomic E-state index is 12.6. The lowest BCUT2D eigenvalue weighted by atomic mass is 10.1. The van der Waals surface area contributed by atoms with Crippen molar-refractivity contribution in [3.05, 3.63) is 70.9 Å². The summed E-state index contributed by atoms with van der Waals surface area (Å²) in [7, 11) is -3.66. The third-order valence-electron chi connectivity index (χ3n) is 3.64. The van der Waals surface area contributed by atoms with E-state index in [1.165, 1.54) is 0 Å². The molecule has 0 radical (unpaired) electrons. The van der Waals surface area contributed by atoms with Gasteiger partial charge in [-0.25, -0.2) is 13.1 Å². The second-order valence-corrected chi connectivity index (χ2v) is 7.40. The molecular formula is C17H15ClN2O2S. The van der Waals surface area contributed by atoms with E-state index in [2.05, 4.69) is 9.71 Å². The van der Waals surface area contributed by atoms with Crippen molar-refractivity contribution in [2.75, 3.05) is 0 Å². The smallest absolute Gasteiger partial charge is 0.243 e. The van der Waals surface area contributed by atoms with Gasteiger partial charge in [-0.3, -0.25) is 4.98 Å². The van der Waals surface area contributed by atoms with Crippen molar-refractivity contribution in [1.29, 1.82) is 0 Å². The van der Waals surface area contributed by atoms with Crippen molar-refractivity contribution in [2.24, 2.45) is 0 Å². The number of nitrogens with zero attached hydrogens (tertiary/aromatic N) is 1. The van der Waals surface area contributed by atoms with Crippen LogP contribution in [0.25, 0.3) is 10.9 Å². The minimum absolute atomic E-state index is 0.183. The number of fused-ring (bicyclic) bond motifs is 1. The molecule has 0 saturated heterocycles. The average molecular weight is 347 g/mol. The van der Waals surface area contributed by atoms with Crippen LogP contribution in [-0.4, -0.2) is 13.4 Å². The highest BCUT2D eigenvalue weighted by Gasteiger charge is 2.18. The van der Waals surface area contributed by atoms with Crippen LogP contribution in [0.2, 0.25) is 5.02 Å². The summed E-state index contributed by atoms with van der Waals surface area (Å²) < 4.78 is 27.9. The van der Waals surface area contributed by atoms with Gasteiger partial charge in [0.1, 0.15) is 4.90 Å². The van der Waals surface area contributed by atoms with Gasteiger partial charge in [0.15, 0.2) is 0 Å². The van der Waals surface area contributed by atoms with Crippen LogP contribution >= 0.6 is 11.6 Å². The number of hydrogen-bond acceptors (Lipinski definition) is 3. The van der Waals surface area contributed by atoms with Gasteiger partial charge in [-0.2, -0.15) is 0 Å². The highest BCUT2D eigenvalue weighted by atomic mass is 35.5. The minimum atomic E-state index is -3.66. The van der Waals surface area contributed by atoms with Crippen molar-refractivity contribution in [3.8, 4) is 0 Å². The Morgan fingerprint density at radius 3 is 2.70 bits per heavy atom. The van der Waals surface area contributed by atoms with Crippen molar-refractivity contribution in [1.82, 2.24) is 9.71 Å². The summed E-state index contributed by atoms with van der Waals surface area (Å²) in [4.78, 5) is 4.38. The summed E-state index contributed by atoms with van der Waals surface area (Å²) in [6.07, 6.45) is 1.59. The van der Waals surface area contributed by atoms with Crippen molar-refractivity contribution in [2.45, 2.75) is 18.4 Å². The van der Waals surface area contributed by atoms with E-state index in [9.17, 15) is 8.42 Å². The zero-order valence-electron chi connectivity index (χ0n) is 12.5. The van der Waals surface area contributed by atoms with Crippen LogP contribution in [0, 0.1) is 6.92 Å². The Morgan fingerprint density at radius 1 is 1.13 bits per heavy atom. The van der Waals surface area contributed by atoms with Crippen LogP contribution in [0.15, 0.2) is 59.6 Å². The molecular weight excluding hydrogens is 332 g/mol. The van der Waals surface area contributed by atoms with Crippen molar-refractivity contribution in [3.63, 3.8) is 0 Å². The number of nitrogens with one attached hydrogen (secondary N) is 1. The topological polar surface area (TPSA) is 59.1 Å². The molecule has 118 valence electrons. The van der Waals surface area contributed by atoms with Gasteiger partial charge in [0.2, 0.25) is 10.0 Å². The van der Waals surface area contributed by atoms with Gasteiger partial charge < -0.3 is 0 Å². The molecule has 0 bridgehead atoms. The first-order chi connectivity index (χ1) is 11.0. The van der Waals surface area contributed by atoms with Gasteiger partial charge in [-0.05, 0) is 42.3 Å². The Labute approximate surface area is 140 Å². The predicted molar refractivity (Wildman–Crippen MR) is 92.0 cm³/mol. The normalized spacial score (nSPS) is 11.7. The van der Waals surface area contributed by atoms with Gasteiger partial charge in [-0.15, -0.1) is 0 Å². The Kier molecular flexibility index (Phi) is 4.35. The fourth-order valence-corrected chi connectivity index (χ4v) is 3.81. The van der Waals surface area contributed by atoms with Crippen LogP contribution in [0.5, 0.6) is 0 Å². The zero-order chi connectivity index (χ0) is 16.4. The summed E-state index contributed by atoms with van der Waals surface area (Å²) in [5.41, 5.74) is 2.29. The number of pyridine rings is 1. The number of para-hydroxylation sites is 1. The largest absolute Gasteiger partial charge is 0.255 e. The molecule has 0 fully saturated rings. The fourth-order valence-electron chi connectivity index (χ4n) is 2.40. The minimum Gasteiger partial charge on any atom is -0.255 e. The lowest BCUT2D eigenvalue weighted by Gasteiger charge is -2.10. The Hall–Kier alpha value is -1.95. The van der Waals surface area contributed by atoms with E-state index < -0.39 is 10.0 Å². The SMILES string of the molecule is Cc1cc(Cl)ccc1CNS(=O)(=O)c1cccc2cccnc12. The number of hydrogen-bond donors (Lipinski definition) is 1. The van der Waals surface area contributed by atoms with E-state index in [1.54, 1.807) is 30.5 Å². The number of rotatable bonds is 4. The number of halogens is 1. The third kappa shape index (κ3) is 3.37. The van der Waals surface area contributed by atoms with Crippen LogP contribution in [0.4, 0.5) is 0 Å². The van der Waals surface area contributed by atoms with E-state index >= 15 is 0 Å². The highest BCUT2D eigenvalue weighted by molar-refractivity contribution is 7.89. The predicted octanol–water partition coefficient (Wildman–Crippen LogP) is 3.68. The molecule has 0 aliphatic rings. The number of aryl methyl sites for hydroxylation is 1. The Balaban J connectivity index is 1.92. The summed E-state index contributed by atoms with van der Waals surface area (Å²) >= 11 is 5.92. The molecule has 3 aromatic rings. The first kappa shape index (κ1) is 15.9. The monoisotopic (exact) mass is 346 g/mol. The summed E-state index contributed by atoms with van der Waals surface area (Å²) in [6, 6.07) is 14.1. The van der Waals surface area contributed by atoms with Gasteiger partial charge in [0.05, 0.1) is 5.52 Å². The molecule has 4 nitrogen and oxygen atoms in total. The maximum Gasteiger partial charge on any atom is 0.243 e. The average Bonchev–Trinajstić information content (AvgIpc) is 2.53. The van der Waals surface area contributed by atoms with Gasteiger partial charge >= 0.3 is 0 Å². The molecule has 2 aromatic carbocycles. The van der Waals surface area contributed by atoms with Gasteiger partial charge in [-0.1, -0.05) is 35.9 Å². The van der Waals surface area contributed by atoms with Crippen LogP contribution < -0.4 is 4.72 Å². The molecule has 6 heteroatoms. The number of sulfonamides is 1. The quantitative estimate of drug-likeness (QED) is 0.784. The summed E-state index contributed by atoms with van der Waals surface area (Å²) in [5, 5.41) is 1.42. The van der Waals surface area contributed by atoms with E-state index in [1.807, 2.05) is 31.2 Å². The second kappa shape index (κ2) is 6.28. The lowest BCUT2D eigenvalue weighted by Crippen LogP contribution is -2.24. The molecule has 0 aliphatic carbocycles. The standard InChI is InChI=1S/C17H15ClN2O2S/c1-12-10-15(18)8-7-14(12)11-20-23(21,22)16-6-2-4-13-5-3-9-19-17(13)16/h2-10,20H,11H2,1H3. The van der Waals surface area contributed by atoms with E-state index in [4.69, 9.17) is 11.6 Å². The van der Waals surface area contributed by atoms with Gasteiger partial charge in [0, 0.05) is 23.2 Å². The highest BCUT2D eigenvalue weighted by Crippen LogP contribution is 2.21. The number of benzene rings is 2. The van der Waals surface area contributed by atoms with E-state index in [0.29, 0.717) is 10.5 Å². The molecule has 1 heterocycles. The molecule has 0 amide bonds. The van der Waals surface area contributed by atoms with E-state index in [0.717, 1.165) is 16.5 Å². The van der Waals surface area contributed by atoms with Gasteiger partial charge in [0.25, 0.3) is 0 Å². The molecule has 0 spiro atoms. The summed E-state index contributed by atoms with van der Waals surface area (Å²) in [5.74, 6) is 0. The molecule has 0 unspecified atom stereocenters. The Morgan fingerprint density at radius 2 is 1.91 bits per heavy atom. The summed E-state index contributed by atoms with van der Waals surface area (Å²) in [6.45, 7) is 2.10. The number of aromatic nitrogens is 1.